The van der Waals surface area contributed by atoms with Gasteiger partial charge in [0.25, 0.3) is 0 Å². The molecule has 1 rings (SSSR count). The highest BCUT2D eigenvalue weighted by Crippen LogP contribution is 2.39. The predicted molar refractivity (Wildman–Crippen MR) is 76.4 cm³/mol. The molecular weight excluding hydrogens is 208 g/mol. The number of nitrogens with zero attached hydrogens (tertiary/aromatic N) is 1. The zero-order valence-electron chi connectivity index (χ0n) is 12.6. The lowest BCUT2D eigenvalue weighted by molar-refractivity contribution is 0.0362. The molecule has 17 heavy (non-hydrogen) atoms. The minimum Gasteiger partial charge on any atom is -0.315 e. The van der Waals surface area contributed by atoms with Crippen LogP contribution in [0, 0.1) is 5.92 Å². The van der Waals surface area contributed by atoms with E-state index in [1.54, 1.807) is 0 Å². The Hall–Kier alpha value is -0.0800. The fourth-order valence-electron chi connectivity index (χ4n) is 3.69. The topological polar surface area (TPSA) is 15.3 Å². The molecular formula is C15H32N2. The molecule has 0 saturated heterocycles. The number of nitrogens with one attached hydrogen (secondary N) is 1. The van der Waals surface area contributed by atoms with Crippen molar-refractivity contribution in [2.24, 2.45) is 5.92 Å². The second-order valence-electron chi connectivity index (χ2n) is 6.18. The first-order valence-corrected chi connectivity index (χ1v) is 7.41. The first-order valence-electron chi connectivity index (χ1n) is 7.41. The third-order valence-electron chi connectivity index (χ3n) is 4.74. The molecule has 0 aromatic rings. The summed E-state index contributed by atoms with van der Waals surface area (Å²) in [6, 6.07) is 0.653. The van der Waals surface area contributed by atoms with E-state index in [0.29, 0.717) is 11.6 Å². The summed E-state index contributed by atoms with van der Waals surface area (Å²) in [5.41, 5.74) is 0.390. The van der Waals surface area contributed by atoms with Gasteiger partial charge in [0, 0.05) is 11.6 Å². The van der Waals surface area contributed by atoms with E-state index in [-0.39, 0.29) is 0 Å². The van der Waals surface area contributed by atoms with Crippen LogP contribution in [0.25, 0.3) is 0 Å². The summed E-state index contributed by atoms with van der Waals surface area (Å²) in [5, 5.41) is 3.61. The molecule has 0 aliphatic heterocycles. The lowest BCUT2D eigenvalue weighted by Crippen LogP contribution is -2.60. The normalized spacial score (nSPS) is 31.8. The molecule has 102 valence electrons. The van der Waals surface area contributed by atoms with Crippen molar-refractivity contribution in [2.75, 3.05) is 21.1 Å². The minimum atomic E-state index is 0.390. The van der Waals surface area contributed by atoms with Gasteiger partial charge in [-0.25, -0.2) is 0 Å². The van der Waals surface area contributed by atoms with Crippen molar-refractivity contribution in [3.63, 3.8) is 0 Å². The van der Waals surface area contributed by atoms with E-state index in [2.05, 4.69) is 45.2 Å². The first-order chi connectivity index (χ1) is 8.06. The van der Waals surface area contributed by atoms with Crippen molar-refractivity contribution < 1.29 is 0 Å². The van der Waals surface area contributed by atoms with Gasteiger partial charge in [-0.05, 0) is 46.3 Å². The van der Waals surface area contributed by atoms with Crippen LogP contribution in [0.3, 0.4) is 0 Å². The molecule has 1 saturated carbocycles. The largest absolute Gasteiger partial charge is 0.315 e. The average Bonchev–Trinajstić information content (AvgIpc) is 2.29. The van der Waals surface area contributed by atoms with Gasteiger partial charge in [0.15, 0.2) is 0 Å². The molecule has 0 amide bonds. The highest BCUT2D eigenvalue weighted by atomic mass is 15.2. The zero-order valence-corrected chi connectivity index (χ0v) is 12.6. The second-order valence-corrected chi connectivity index (χ2v) is 6.18. The van der Waals surface area contributed by atoms with Crippen LogP contribution in [-0.2, 0) is 0 Å². The molecule has 2 heteroatoms. The standard InChI is InChI=1S/C15H32N2/c1-6-7-10-14(16-3)15(17(4)5)11-8-9-13(2)12-15/h13-14,16H,6-12H2,1-5H3. The molecule has 0 aromatic carbocycles. The van der Waals surface area contributed by atoms with Gasteiger partial charge in [0.1, 0.15) is 0 Å². The average molecular weight is 240 g/mol. The maximum absolute atomic E-state index is 3.61. The minimum absolute atomic E-state index is 0.390. The van der Waals surface area contributed by atoms with E-state index in [4.69, 9.17) is 0 Å². The van der Waals surface area contributed by atoms with Crippen molar-refractivity contribution in [1.29, 1.82) is 0 Å². The Morgan fingerprint density at radius 1 is 1.41 bits per heavy atom. The van der Waals surface area contributed by atoms with Crippen molar-refractivity contribution >= 4 is 0 Å². The SMILES string of the molecule is CCCCC(NC)C1(N(C)C)CCCC(C)C1. The van der Waals surface area contributed by atoms with Crippen molar-refractivity contribution in [2.45, 2.75) is 70.4 Å². The summed E-state index contributed by atoms with van der Waals surface area (Å²) in [6.45, 7) is 4.71. The Morgan fingerprint density at radius 2 is 2.12 bits per heavy atom. The van der Waals surface area contributed by atoms with E-state index < -0.39 is 0 Å². The molecule has 0 spiro atoms. The molecule has 1 aliphatic rings. The van der Waals surface area contributed by atoms with Crippen LogP contribution < -0.4 is 5.32 Å². The molecule has 0 aromatic heterocycles. The highest BCUT2D eigenvalue weighted by Gasteiger charge is 2.42. The monoisotopic (exact) mass is 240 g/mol. The van der Waals surface area contributed by atoms with E-state index in [0.717, 1.165) is 5.92 Å². The van der Waals surface area contributed by atoms with Crippen LogP contribution in [0.15, 0.2) is 0 Å². The predicted octanol–water partition coefficient (Wildman–Crippen LogP) is 3.28. The molecule has 1 N–H and O–H groups in total. The molecule has 1 aliphatic carbocycles. The van der Waals surface area contributed by atoms with E-state index in [1.165, 1.54) is 44.9 Å². The number of rotatable bonds is 6. The van der Waals surface area contributed by atoms with Gasteiger partial charge in [-0.15, -0.1) is 0 Å². The molecule has 2 nitrogen and oxygen atoms in total. The van der Waals surface area contributed by atoms with Gasteiger partial charge < -0.3 is 10.2 Å². The van der Waals surface area contributed by atoms with E-state index >= 15 is 0 Å². The number of hydrogen-bond acceptors (Lipinski definition) is 2. The zero-order chi connectivity index (χ0) is 12.9. The lowest BCUT2D eigenvalue weighted by Gasteiger charge is -2.50. The van der Waals surface area contributed by atoms with Gasteiger partial charge in [-0.2, -0.15) is 0 Å². The second kappa shape index (κ2) is 6.75. The van der Waals surface area contributed by atoms with Gasteiger partial charge in [-0.1, -0.05) is 39.5 Å². The smallest absolute Gasteiger partial charge is 0.0358 e. The van der Waals surface area contributed by atoms with Gasteiger partial charge in [0.05, 0.1) is 0 Å². The number of hydrogen-bond donors (Lipinski definition) is 1. The molecule has 0 heterocycles. The summed E-state index contributed by atoms with van der Waals surface area (Å²) in [5.74, 6) is 0.878. The summed E-state index contributed by atoms with van der Waals surface area (Å²) >= 11 is 0. The Bertz CT molecular complexity index is 215. The van der Waals surface area contributed by atoms with Crippen LogP contribution in [0.5, 0.6) is 0 Å². The molecule has 0 bridgehead atoms. The van der Waals surface area contributed by atoms with Crippen LogP contribution in [-0.4, -0.2) is 37.6 Å². The fourth-order valence-corrected chi connectivity index (χ4v) is 3.69. The maximum atomic E-state index is 3.61. The molecule has 1 fully saturated rings. The Morgan fingerprint density at radius 3 is 2.59 bits per heavy atom. The summed E-state index contributed by atoms with van der Waals surface area (Å²) in [6.07, 6.45) is 9.49. The molecule has 0 radical (unpaired) electrons. The fraction of sp³-hybridized carbons (Fsp3) is 1.00. The van der Waals surface area contributed by atoms with Crippen molar-refractivity contribution in [3.05, 3.63) is 0 Å². The lowest BCUT2D eigenvalue weighted by atomic mass is 9.70. The van der Waals surface area contributed by atoms with Crippen LogP contribution in [0.1, 0.15) is 58.8 Å². The highest BCUT2D eigenvalue weighted by molar-refractivity contribution is 5.01. The third kappa shape index (κ3) is 3.45. The number of unbranched alkanes of at least 4 members (excludes halogenated alkanes) is 1. The molecule has 3 atom stereocenters. The Labute approximate surface area is 108 Å². The number of likely N-dealkylation sites (N-methyl/N-ethyl adjacent to an activating group) is 2. The van der Waals surface area contributed by atoms with E-state index in [9.17, 15) is 0 Å². The summed E-state index contributed by atoms with van der Waals surface area (Å²) < 4.78 is 0. The third-order valence-corrected chi connectivity index (χ3v) is 4.74. The van der Waals surface area contributed by atoms with Crippen LogP contribution in [0.4, 0.5) is 0 Å². The van der Waals surface area contributed by atoms with Crippen LogP contribution >= 0.6 is 0 Å². The van der Waals surface area contributed by atoms with Crippen molar-refractivity contribution in [3.8, 4) is 0 Å². The van der Waals surface area contributed by atoms with Crippen LogP contribution in [0.2, 0.25) is 0 Å². The van der Waals surface area contributed by atoms with Crippen molar-refractivity contribution in [1.82, 2.24) is 10.2 Å². The van der Waals surface area contributed by atoms with Gasteiger partial charge in [-0.3, -0.25) is 0 Å². The van der Waals surface area contributed by atoms with Gasteiger partial charge in [0.2, 0.25) is 0 Å². The summed E-state index contributed by atoms with van der Waals surface area (Å²) in [7, 11) is 6.69. The summed E-state index contributed by atoms with van der Waals surface area (Å²) in [4.78, 5) is 2.50. The first kappa shape index (κ1) is 15.0. The molecule has 3 unspecified atom stereocenters. The Balaban J connectivity index is 2.80. The Kier molecular flexibility index (Phi) is 5.94. The van der Waals surface area contributed by atoms with E-state index in [1.807, 2.05) is 0 Å². The van der Waals surface area contributed by atoms with Gasteiger partial charge >= 0.3 is 0 Å². The quantitative estimate of drug-likeness (QED) is 0.766. The maximum Gasteiger partial charge on any atom is 0.0358 e.